The van der Waals surface area contributed by atoms with Crippen molar-refractivity contribution in [2.24, 2.45) is 5.28 Å². The van der Waals surface area contributed by atoms with Gasteiger partial charge in [-0.1, -0.05) is 0 Å². The first-order valence-corrected chi connectivity index (χ1v) is 5.80. The Kier molecular flexibility index (Phi) is 7.03. The fourth-order valence-corrected chi connectivity index (χ4v) is 0.953. The van der Waals surface area contributed by atoms with Crippen molar-refractivity contribution in [1.29, 1.82) is 0 Å². The highest BCUT2D eigenvalue weighted by atomic mass is 16.8. The highest BCUT2D eigenvalue weighted by Crippen LogP contribution is 2.03. The predicted molar refractivity (Wildman–Crippen MR) is 64.2 cm³/mol. The van der Waals surface area contributed by atoms with Gasteiger partial charge in [0.05, 0.1) is 18.1 Å². The summed E-state index contributed by atoms with van der Waals surface area (Å²) in [4.78, 5) is 16.4. The highest BCUT2D eigenvalue weighted by Gasteiger charge is 2.27. The van der Waals surface area contributed by atoms with Crippen molar-refractivity contribution in [3.8, 4) is 0 Å². The summed E-state index contributed by atoms with van der Waals surface area (Å²) in [5.41, 5.74) is -0.806. The number of hydrazine groups is 1. The van der Waals surface area contributed by atoms with Crippen LogP contribution in [0.2, 0.25) is 0 Å². The fourth-order valence-electron chi connectivity index (χ4n) is 0.953. The molecule has 0 fully saturated rings. The van der Waals surface area contributed by atoms with Gasteiger partial charge in [-0.05, 0) is 34.7 Å². The third kappa shape index (κ3) is 5.17. The minimum atomic E-state index is -0.806. The van der Waals surface area contributed by atoms with E-state index in [0.29, 0.717) is 18.1 Å². The van der Waals surface area contributed by atoms with Gasteiger partial charge in [0.2, 0.25) is 5.28 Å². The summed E-state index contributed by atoms with van der Waals surface area (Å²) in [6, 6.07) is 0. The monoisotopic (exact) mass is 262 g/mol. The van der Waals surface area contributed by atoms with E-state index in [0.717, 1.165) is 0 Å². The number of rotatable bonds is 8. The van der Waals surface area contributed by atoms with E-state index in [-0.39, 0.29) is 0 Å². The Balaban J connectivity index is 4.06. The first kappa shape index (κ1) is 16.4. The molecule has 0 saturated heterocycles. The quantitative estimate of drug-likeness (QED) is 0.172. The van der Waals surface area contributed by atoms with Crippen LogP contribution in [0.5, 0.6) is 0 Å². The van der Waals surface area contributed by atoms with Crippen molar-refractivity contribution in [2.75, 3.05) is 26.9 Å². The van der Waals surface area contributed by atoms with Crippen molar-refractivity contribution < 1.29 is 19.3 Å². The Bertz CT molecular complexity index is 290. The summed E-state index contributed by atoms with van der Waals surface area (Å²) in [5, 5.41) is 18.7. The van der Waals surface area contributed by atoms with E-state index in [2.05, 4.69) is 15.4 Å². The molecule has 0 aromatic carbocycles. The summed E-state index contributed by atoms with van der Waals surface area (Å²) in [6.45, 7) is 7.60. The molecular weight excluding hydrogens is 240 g/mol. The SMILES string of the molecule is CCN(CC)/[N+]([O-])=N/OCOC(=O)C(C)(C)NC. The molecule has 18 heavy (non-hydrogen) atoms. The van der Waals surface area contributed by atoms with Crippen LogP contribution in [0.3, 0.4) is 0 Å². The van der Waals surface area contributed by atoms with Crippen LogP contribution in [0.15, 0.2) is 5.28 Å². The molecule has 0 heterocycles. The van der Waals surface area contributed by atoms with Crippen LogP contribution in [0.4, 0.5) is 0 Å². The topological polar surface area (TPSA) is 89.2 Å². The molecule has 8 nitrogen and oxygen atoms in total. The lowest BCUT2D eigenvalue weighted by Crippen LogP contribution is -2.45. The molecule has 0 radical (unpaired) electrons. The zero-order chi connectivity index (χ0) is 14.2. The summed E-state index contributed by atoms with van der Waals surface area (Å²) in [7, 11) is 1.65. The maximum atomic E-state index is 11.5. The van der Waals surface area contributed by atoms with Crippen molar-refractivity contribution in [3.63, 3.8) is 0 Å². The van der Waals surface area contributed by atoms with Gasteiger partial charge in [-0.25, -0.2) is 4.79 Å². The zero-order valence-electron chi connectivity index (χ0n) is 11.6. The number of likely N-dealkylation sites (N-methyl/N-ethyl adjacent to an activating group) is 1. The van der Waals surface area contributed by atoms with Crippen molar-refractivity contribution in [2.45, 2.75) is 33.2 Å². The van der Waals surface area contributed by atoms with E-state index in [4.69, 9.17) is 4.74 Å². The van der Waals surface area contributed by atoms with Crippen LogP contribution in [0, 0.1) is 5.21 Å². The highest BCUT2D eigenvalue weighted by molar-refractivity contribution is 5.79. The summed E-state index contributed by atoms with van der Waals surface area (Å²) in [6.07, 6.45) is 0. The van der Waals surface area contributed by atoms with Gasteiger partial charge in [-0.2, -0.15) is 0 Å². The Morgan fingerprint density at radius 2 is 2.00 bits per heavy atom. The minimum Gasteiger partial charge on any atom is -0.569 e. The summed E-state index contributed by atoms with van der Waals surface area (Å²) >= 11 is 0. The maximum absolute atomic E-state index is 11.5. The van der Waals surface area contributed by atoms with Crippen LogP contribution in [-0.2, 0) is 14.4 Å². The molecule has 1 N–H and O–H groups in total. The van der Waals surface area contributed by atoms with Gasteiger partial charge < -0.3 is 20.1 Å². The lowest BCUT2D eigenvalue weighted by molar-refractivity contribution is -0.710. The number of nitrogens with zero attached hydrogens (tertiary/aromatic N) is 3. The van der Waals surface area contributed by atoms with E-state index >= 15 is 0 Å². The molecule has 0 atom stereocenters. The maximum Gasteiger partial charge on any atom is 0.328 e. The molecule has 106 valence electrons. The van der Waals surface area contributed by atoms with Crippen LogP contribution in [-0.4, -0.2) is 48.4 Å². The largest absolute Gasteiger partial charge is 0.569 e. The van der Waals surface area contributed by atoms with Gasteiger partial charge in [-0.15, -0.1) is 5.01 Å². The molecule has 0 aliphatic heterocycles. The number of hydrogen-bond donors (Lipinski definition) is 1. The molecule has 0 unspecified atom stereocenters. The van der Waals surface area contributed by atoms with E-state index < -0.39 is 18.3 Å². The second-order valence-electron chi connectivity index (χ2n) is 4.03. The molecule has 0 aromatic heterocycles. The molecule has 8 heteroatoms. The molecule has 0 rings (SSSR count). The Hall–Kier alpha value is -1.57. The number of carbonyl (C=O) groups excluding carboxylic acids is 1. The predicted octanol–water partition coefficient (Wildman–Crippen LogP) is 0.636. The van der Waals surface area contributed by atoms with Crippen LogP contribution in [0.1, 0.15) is 27.7 Å². The molecular formula is C10H22N4O4. The van der Waals surface area contributed by atoms with Crippen LogP contribution in [0.25, 0.3) is 0 Å². The molecule has 0 spiro atoms. The Labute approximate surface area is 107 Å². The van der Waals surface area contributed by atoms with Crippen molar-refractivity contribution in [3.05, 3.63) is 5.21 Å². The Morgan fingerprint density at radius 3 is 2.44 bits per heavy atom. The third-order valence-electron chi connectivity index (χ3n) is 2.48. The smallest absolute Gasteiger partial charge is 0.328 e. The number of nitrogens with one attached hydrogen (secondary N) is 1. The second kappa shape index (κ2) is 7.70. The fraction of sp³-hybridized carbons (Fsp3) is 0.900. The molecule has 0 amide bonds. The first-order valence-electron chi connectivity index (χ1n) is 5.80. The number of ether oxygens (including phenoxy) is 1. The Morgan fingerprint density at radius 1 is 1.44 bits per heavy atom. The number of hydrogen-bond acceptors (Lipinski definition) is 6. The third-order valence-corrected chi connectivity index (χ3v) is 2.48. The van der Waals surface area contributed by atoms with Crippen molar-refractivity contribution >= 4 is 5.97 Å². The summed E-state index contributed by atoms with van der Waals surface area (Å²) in [5.74, 6) is -0.486. The number of esters is 1. The van der Waals surface area contributed by atoms with Gasteiger partial charge in [0.25, 0.3) is 6.79 Å². The van der Waals surface area contributed by atoms with Crippen molar-refractivity contribution in [1.82, 2.24) is 10.3 Å². The normalized spacial score (nSPS) is 12.2. The minimum absolute atomic E-state index is 0.330. The molecule has 0 saturated carbocycles. The van der Waals surface area contributed by atoms with Gasteiger partial charge in [0.15, 0.2) is 0 Å². The number of carbonyl (C=O) groups is 1. The van der Waals surface area contributed by atoms with Gasteiger partial charge in [0, 0.05) is 0 Å². The van der Waals surface area contributed by atoms with Crippen LogP contribution >= 0.6 is 0 Å². The van der Waals surface area contributed by atoms with E-state index in [1.807, 2.05) is 13.8 Å². The van der Waals surface area contributed by atoms with Gasteiger partial charge >= 0.3 is 5.97 Å². The van der Waals surface area contributed by atoms with E-state index in [1.165, 1.54) is 5.01 Å². The molecule has 0 aliphatic rings. The summed E-state index contributed by atoms with van der Waals surface area (Å²) < 4.78 is 4.79. The standard InChI is InChI=1S/C10H22N4O4/c1-6-13(7-2)14(16)12-18-8-17-9(15)10(3,4)11-5/h11H,6-8H2,1-5H3/b14-12-. The van der Waals surface area contributed by atoms with E-state index in [9.17, 15) is 10.0 Å². The lowest BCUT2D eigenvalue weighted by atomic mass is 10.1. The van der Waals surface area contributed by atoms with Crippen LogP contribution < -0.4 is 5.32 Å². The molecule has 0 bridgehead atoms. The molecule has 0 aliphatic carbocycles. The van der Waals surface area contributed by atoms with E-state index in [1.54, 1.807) is 20.9 Å². The average molecular weight is 262 g/mol. The van der Waals surface area contributed by atoms with Gasteiger partial charge in [0.1, 0.15) is 5.54 Å². The second-order valence-corrected chi connectivity index (χ2v) is 4.03. The average Bonchev–Trinajstić information content (AvgIpc) is 2.35. The van der Waals surface area contributed by atoms with Gasteiger partial charge in [-0.3, -0.25) is 0 Å². The lowest BCUT2D eigenvalue weighted by Gasteiger charge is -2.20. The molecule has 0 aromatic rings. The zero-order valence-corrected chi connectivity index (χ0v) is 11.6. The first-order chi connectivity index (χ1) is 8.38.